The van der Waals surface area contributed by atoms with Crippen LogP contribution in [-0.4, -0.2) is 42.8 Å². The van der Waals surface area contributed by atoms with Crippen LogP contribution in [0.15, 0.2) is 0 Å². The number of nitrogens with zero attached hydrogens (tertiary/aromatic N) is 1. The van der Waals surface area contributed by atoms with Crippen molar-refractivity contribution in [3.05, 3.63) is 0 Å². The number of likely N-dealkylation sites (tertiary alicyclic amines) is 1. The van der Waals surface area contributed by atoms with Crippen molar-refractivity contribution in [1.82, 2.24) is 10.2 Å². The van der Waals surface area contributed by atoms with E-state index in [1.807, 2.05) is 11.8 Å². The molecule has 0 bridgehead atoms. The third-order valence-corrected chi connectivity index (χ3v) is 4.78. The van der Waals surface area contributed by atoms with Crippen LogP contribution in [0.1, 0.15) is 52.9 Å². The molecule has 1 saturated heterocycles. The van der Waals surface area contributed by atoms with Crippen molar-refractivity contribution in [3.8, 4) is 0 Å². The maximum absolute atomic E-state index is 12.0. The summed E-state index contributed by atoms with van der Waals surface area (Å²) in [7, 11) is 0. The van der Waals surface area contributed by atoms with Gasteiger partial charge in [-0.2, -0.15) is 0 Å². The number of hydrogen-bond donors (Lipinski definition) is 1. The van der Waals surface area contributed by atoms with E-state index < -0.39 is 0 Å². The predicted molar refractivity (Wildman–Crippen MR) is 80.7 cm³/mol. The van der Waals surface area contributed by atoms with Gasteiger partial charge in [-0.05, 0) is 38.0 Å². The van der Waals surface area contributed by atoms with Crippen molar-refractivity contribution >= 4 is 6.09 Å². The Bertz CT molecular complexity index is 312. The van der Waals surface area contributed by atoms with Gasteiger partial charge in [-0.15, -0.1) is 0 Å². The number of carbonyl (C=O) groups is 1. The highest BCUT2D eigenvalue weighted by atomic mass is 16.6. The average Bonchev–Trinajstić information content (AvgIpc) is 2.91. The van der Waals surface area contributed by atoms with Gasteiger partial charge < -0.3 is 15.0 Å². The highest BCUT2D eigenvalue weighted by Gasteiger charge is 2.33. The molecule has 2 unspecified atom stereocenters. The minimum atomic E-state index is -0.143. The molecule has 4 heteroatoms. The predicted octanol–water partition coefficient (Wildman–Crippen LogP) is 3.02. The van der Waals surface area contributed by atoms with Crippen LogP contribution in [0, 0.1) is 11.8 Å². The van der Waals surface area contributed by atoms with Crippen molar-refractivity contribution in [2.24, 2.45) is 11.8 Å². The van der Waals surface area contributed by atoms with Crippen LogP contribution >= 0.6 is 0 Å². The summed E-state index contributed by atoms with van der Waals surface area (Å²) in [5, 5.41) is 3.78. The molecule has 0 spiro atoms. The van der Waals surface area contributed by atoms with E-state index in [0.29, 0.717) is 30.5 Å². The lowest BCUT2D eigenvalue weighted by atomic mass is 9.85. The standard InChI is InChI=1S/C16H30N2O2/c1-4-20-16(19)18-10-13(12(2)3)9-15(11-18)17-14-7-5-6-8-14/h12-15,17H,4-11H2,1-3H3. The molecule has 1 N–H and O–H groups in total. The van der Waals surface area contributed by atoms with E-state index in [2.05, 4.69) is 19.2 Å². The molecule has 2 aliphatic rings. The fourth-order valence-corrected chi connectivity index (χ4v) is 3.53. The Labute approximate surface area is 123 Å². The molecule has 20 heavy (non-hydrogen) atoms. The summed E-state index contributed by atoms with van der Waals surface area (Å²) >= 11 is 0. The molecule has 1 heterocycles. The first-order valence-corrected chi connectivity index (χ1v) is 8.27. The van der Waals surface area contributed by atoms with Gasteiger partial charge in [0.1, 0.15) is 0 Å². The normalized spacial score (nSPS) is 28.1. The van der Waals surface area contributed by atoms with E-state index in [-0.39, 0.29) is 6.09 Å². The Morgan fingerprint density at radius 3 is 2.55 bits per heavy atom. The second-order valence-electron chi connectivity index (χ2n) is 6.69. The summed E-state index contributed by atoms with van der Waals surface area (Å²) in [4.78, 5) is 13.9. The summed E-state index contributed by atoms with van der Waals surface area (Å²) in [5.74, 6) is 1.19. The lowest BCUT2D eigenvalue weighted by Crippen LogP contribution is -2.54. The number of nitrogens with one attached hydrogen (secondary N) is 1. The smallest absolute Gasteiger partial charge is 0.409 e. The number of carbonyl (C=O) groups excluding carboxylic acids is 1. The van der Waals surface area contributed by atoms with Gasteiger partial charge in [0.15, 0.2) is 0 Å². The van der Waals surface area contributed by atoms with Crippen LogP contribution in [0.5, 0.6) is 0 Å². The van der Waals surface area contributed by atoms with E-state index in [9.17, 15) is 4.79 Å². The van der Waals surface area contributed by atoms with Crippen molar-refractivity contribution in [2.75, 3.05) is 19.7 Å². The number of amides is 1. The fraction of sp³-hybridized carbons (Fsp3) is 0.938. The third-order valence-electron chi connectivity index (χ3n) is 4.78. The van der Waals surface area contributed by atoms with Gasteiger partial charge >= 0.3 is 6.09 Å². The number of hydrogen-bond acceptors (Lipinski definition) is 3. The first kappa shape index (κ1) is 15.6. The van der Waals surface area contributed by atoms with E-state index in [1.54, 1.807) is 0 Å². The molecule has 4 nitrogen and oxygen atoms in total. The molecule has 0 aromatic heterocycles. The molecule has 1 saturated carbocycles. The Hall–Kier alpha value is -0.770. The first-order valence-electron chi connectivity index (χ1n) is 8.27. The van der Waals surface area contributed by atoms with Crippen LogP contribution in [0.2, 0.25) is 0 Å². The van der Waals surface area contributed by atoms with Crippen LogP contribution in [0.4, 0.5) is 4.79 Å². The highest BCUT2D eigenvalue weighted by molar-refractivity contribution is 5.67. The lowest BCUT2D eigenvalue weighted by Gasteiger charge is -2.40. The summed E-state index contributed by atoms with van der Waals surface area (Å²) in [5.41, 5.74) is 0. The molecule has 0 aromatic carbocycles. The molecule has 0 aromatic rings. The Balaban J connectivity index is 1.94. The number of ether oxygens (including phenoxy) is 1. The molecule has 2 atom stereocenters. The molecule has 116 valence electrons. The zero-order valence-electron chi connectivity index (χ0n) is 13.2. The minimum Gasteiger partial charge on any atom is -0.450 e. The van der Waals surface area contributed by atoms with Crippen molar-refractivity contribution in [3.63, 3.8) is 0 Å². The van der Waals surface area contributed by atoms with Crippen LogP contribution in [0.25, 0.3) is 0 Å². The third kappa shape index (κ3) is 4.11. The monoisotopic (exact) mass is 282 g/mol. The van der Waals surface area contributed by atoms with E-state index in [1.165, 1.54) is 32.1 Å². The van der Waals surface area contributed by atoms with Gasteiger partial charge in [-0.1, -0.05) is 26.7 Å². The summed E-state index contributed by atoms with van der Waals surface area (Å²) < 4.78 is 5.19. The van der Waals surface area contributed by atoms with Crippen molar-refractivity contribution in [2.45, 2.75) is 65.0 Å². The molecule has 1 aliphatic carbocycles. The molecular formula is C16H30N2O2. The van der Waals surface area contributed by atoms with Gasteiger partial charge in [-0.25, -0.2) is 4.79 Å². The van der Waals surface area contributed by atoms with Gasteiger partial charge in [-0.3, -0.25) is 0 Å². The highest BCUT2D eigenvalue weighted by Crippen LogP contribution is 2.26. The summed E-state index contributed by atoms with van der Waals surface area (Å²) in [6, 6.07) is 1.10. The van der Waals surface area contributed by atoms with Crippen LogP contribution in [-0.2, 0) is 4.74 Å². The van der Waals surface area contributed by atoms with Crippen molar-refractivity contribution in [1.29, 1.82) is 0 Å². The SMILES string of the molecule is CCOC(=O)N1CC(NC2CCCC2)CC(C(C)C)C1. The van der Waals surface area contributed by atoms with Gasteiger partial charge in [0.05, 0.1) is 6.61 Å². The quantitative estimate of drug-likeness (QED) is 0.862. The van der Waals surface area contributed by atoms with E-state index >= 15 is 0 Å². The zero-order valence-corrected chi connectivity index (χ0v) is 13.2. The largest absolute Gasteiger partial charge is 0.450 e. The number of rotatable bonds is 4. The van der Waals surface area contributed by atoms with E-state index in [4.69, 9.17) is 4.74 Å². The lowest BCUT2D eigenvalue weighted by molar-refractivity contribution is 0.0686. The Morgan fingerprint density at radius 2 is 1.95 bits per heavy atom. The zero-order chi connectivity index (χ0) is 14.5. The van der Waals surface area contributed by atoms with Crippen LogP contribution < -0.4 is 5.32 Å². The van der Waals surface area contributed by atoms with Gasteiger partial charge in [0, 0.05) is 25.2 Å². The fourth-order valence-electron chi connectivity index (χ4n) is 3.53. The average molecular weight is 282 g/mol. The maximum atomic E-state index is 12.0. The molecule has 1 aliphatic heterocycles. The molecule has 0 radical (unpaired) electrons. The Kier molecular flexibility index (Phi) is 5.70. The Morgan fingerprint density at radius 1 is 1.25 bits per heavy atom. The molecule has 2 fully saturated rings. The second-order valence-corrected chi connectivity index (χ2v) is 6.69. The topological polar surface area (TPSA) is 41.6 Å². The van der Waals surface area contributed by atoms with Gasteiger partial charge in [0.25, 0.3) is 0 Å². The second kappa shape index (κ2) is 7.30. The maximum Gasteiger partial charge on any atom is 0.409 e. The minimum absolute atomic E-state index is 0.143. The van der Waals surface area contributed by atoms with E-state index in [0.717, 1.165) is 13.1 Å². The summed E-state index contributed by atoms with van der Waals surface area (Å²) in [6.45, 7) is 8.49. The van der Waals surface area contributed by atoms with Crippen molar-refractivity contribution < 1.29 is 9.53 Å². The van der Waals surface area contributed by atoms with Crippen LogP contribution in [0.3, 0.4) is 0 Å². The summed E-state index contributed by atoms with van der Waals surface area (Å²) in [6.07, 6.45) is 6.32. The number of piperidine rings is 1. The molecular weight excluding hydrogens is 252 g/mol. The molecule has 1 amide bonds. The van der Waals surface area contributed by atoms with Gasteiger partial charge in [0.2, 0.25) is 0 Å². The molecule has 2 rings (SSSR count). The first-order chi connectivity index (χ1) is 9.60.